The molecule has 0 aliphatic carbocycles. The average molecular weight is 321 g/mol. The van der Waals surface area contributed by atoms with Gasteiger partial charge in [0, 0.05) is 10.6 Å². The molecule has 0 N–H and O–H groups in total. The molecule has 0 amide bonds. The fourth-order valence-electron chi connectivity index (χ4n) is 2.26. The Morgan fingerprint density at radius 3 is 2.30 bits per heavy atom. The Morgan fingerprint density at radius 1 is 0.826 bits per heavy atom. The van der Waals surface area contributed by atoms with Crippen molar-refractivity contribution in [1.29, 1.82) is 0 Å². The summed E-state index contributed by atoms with van der Waals surface area (Å²) >= 11 is 5.84. The molecule has 0 saturated carbocycles. The van der Waals surface area contributed by atoms with Crippen LogP contribution < -0.4 is 0 Å². The summed E-state index contributed by atoms with van der Waals surface area (Å²) in [7, 11) is 0. The maximum Gasteiger partial charge on any atom is 0.142 e. The van der Waals surface area contributed by atoms with Crippen LogP contribution in [-0.2, 0) is 11.4 Å². The Morgan fingerprint density at radius 2 is 1.52 bits per heavy atom. The zero-order chi connectivity index (χ0) is 15.9. The first kappa shape index (κ1) is 15.3. The van der Waals surface area contributed by atoms with Gasteiger partial charge in [-0.1, -0.05) is 83.5 Å². The van der Waals surface area contributed by atoms with Crippen molar-refractivity contribution in [3.63, 3.8) is 0 Å². The summed E-state index contributed by atoms with van der Waals surface area (Å²) in [5, 5.41) is 4.60. The maximum absolute atomic E-state index is 5.84. The average Bonchev–Trinajstić information content (AvgIpc) is 2.61. The molecule has 0 aliphatic rings. The lowest BCUT2D eigenvalue weighted by Crippen LogP contribution is -1.92. The standard InChI is InChI=1S/C20H15ClNO/c21-19-12-10-16(11-13-19)14-22-23-15-18-8-4-5-9-20(18)17-6-2-1-3-7-17/h1-13H,15H2. The van der Waals surface area contributed by atoms with E-state index in [9.17, 15) is 0 Å². The third kappa shape index (κ3) is 4.21. The predicted octanol–water partition coefficient (Wildman–Crippen LogP) is 5.43. The van der Waals surface area contributed by atoms with Gasteiger partial charge in [-0.15, -0.1) is 0 Å². The van der Waals surface area contributed by atoms with Crippen LogP contribution in [0.3, 0.4) is 0 Å². The van der Waals surface area contributed by atoms with Crippen LogP contribution in [0, 0.1) is 0 Å². The molecular formula is C20H15ClNO. The molecule has 0 aliphatic heterocycles. The van der Waals surface area contributed by atoms with Gasteiger partial charge >= 0.3 is 0 Å². The molecule has 0 saturated heterocycles. The first-order valence-electron chi connectivity index (χ1n) is 7.30. The highest BCUT2D eigenvalue weighted by Crippen LogP contribution is 2.23. The number of hydrogen-bond acceptors (Lipinski definition) is 2. The second-order valence-corrected chi connectivity index (χ2v) is 5.44. The first-order chi connectivity index (χ1) is 11.3. The molecule has 0 aromatic heterocycles. The summed E-state index contributed by atoms with van der Waals surface area (Å²) in [5.74, 6) is 0. The lowest BCUT2D eigenvalue weighted by atomic mass is 10.0. The minimum absolute atomic E-state index is 0.395. The fraction of sp³-hybridized carbons (Fsp3) is 0.0500. The largest absolute Gasteiger partial charge is 0.390 e. The van der Waals surface area contributed by atoms with Gasteiger partial charge in [0.2, 0.25) is 0 Å². The molecule has 23 heavy (non-hydrogen) atoms. The van der Waals surface area contributed by atoms with Crippen LogP contribution in [0.2, 0.25) is 5.02 Å². The molecule has 0 bridgehead atoms. The van der Waals surface area contributed by atoms with E-state index in [0.29, 0.717) is 11.6 Å². The predicted molar refractivity (Wildman–Crippen MR) is 94.7 cm³/mol. The van der Waals surface area contributed by atoms with Crippen LogP contribution in [0.5, 0.6) is 0 Å². The fourth-order valence-corrected chi connectivity index (χ4v) is 2.38. The van der Waals surface area contributed by atoms with E-state index >= 15 is 0 Å². The van der Waals surface area contributed by atoms with Crippen molar-refractivity contribution in [1.82, 2.24) is 0 Å². The van der Waals surface area contributed by atoms with Crippen molar-refractivity contribution in [2.24, 2.45) is 5.16 Å². The Bertz CT molecular complexity index is 782. The van der Waals surface area contributed by atoms with Crippen LogP contribution >= 0.6 is 11.6 Å². The van der Waals surface area contributed by atoms with Crippen molar-refractivity contribution in [2.45, 2.75) is 6.61 Å². The zero-order valence-corrected chi connectivity index (χ0v) is 13.2. The molecule has 0 spiro atoms. The summed E-state index contributed by atoms with van der Waals surface area (Å²) in [6.07, 6.45) is 2.85. The van der Waals surface area contributed by atoms with Gasteiger partial charge in [0.05, 0.1) is 0 Å². The summed E-state index contributed by atoms with van der Waals surface area (Å²) in [5.41, 5.74) is 4.22. The van der Waals surface area contributed by atoms with Crippen LogP contribution in [0.25, 0.3) is 11.1 Å². The van der Waals surface area contributed by atoms with E-state index in [0.717, 1.165) is 22.3 Å². The molecule has 0 fully saturated rings. The van der Waals surface area contributed by atoms with Crippen molar-refractivity contribution >= 4 is 17.8 Å². The summed E-state index contributed by atoms with van der Waals surface area (Å²) in [4.78, 5) is 5.40. The van der Waals surface area contributed by atoms with E-state index in [4.69, 9.17) is 16.4 Å². The van der Waals surface area contributed by atoms with Gasteiger partial charge in [-0.3, -0.25) is 0 Å². The first-order valence-corrected chi connectivity index (χ1v) is 7.67. The molecule has 3 heteroatoms. The third-order valence-electron chi connectivity index (χ3n) is 3.41. The summed E-state index contributed by atoms with van der Waals surface area (Å²) < 4.78 is 0. The lowest BCUT2D eigenvalue weighted by Gasteiger charge is -2.08. The SMILES string of the molecule is Clc1ccc(/[C]=N/OCc2ccccc2-c2ccccc2)cc1. The Kier molecular flexibility index (Phi) is 5.07. The quantitative estimate of drug-likeness (QED) is 0.453. The molecule has 2 nitrogen and oxygen atoms in total. The smallest absolute Gasteiger partial charge is 0.142 e. The van der Waals surface area contributed by atoms with Gasteiger partial charge in [0.25, 0.3) is 0 Å². The molecule has 113 valence electrons. The van der Waals surface area contributed by atoms with Gasteiger partial charge < -0.3 is 4.84 Å². The summed E-state index contributed by atoms with van der Waals surface area (Å²) in [6, 6.07) is 25.7. The van der Waals surface area contributed by atoms with Crippen molar-refractivity contribution in [2.75, 3.05) is 0 Å². The molecule has 3 aromatic carbocycles. The molecule has 3 rings (SSSR count). The molecule has 0 unspecified atom stereocenters. The number of rotatable bonds is 5. The van der Waals surface area contributed by atoms with Crippen LogP contribution in [0.4, 0.5) is 0 Å². The van der Waals surface area contributed by atoms with Gasteiger partial charge in [-0.2, -0.15) is 0 Å². The van der Waals surface area contributed by atoms with E-state index in [2.05, 4.69) is 29.6 Å². The van der Waals surface area contributed by atoms with E-state index in [1.165, 1.54) is 0 Å². The van der Waals surface area contributed by atoms with Gasteiger partial charge in [0.15, 0.2) is 0 Å². The molecule has 1 radical (unpaired) electrons. The minimum Gasteiger partial charge on any atom is -0.390 e. The number of nitrogens with zero attached hydrogens (tertiary/aromatic N) is 1. The van der Waals surface area contributed by atoms with Crippen LogP contribution in [-0.4, -0.2) is 6.21 Å². The van der Waals surface area contributed by atoms with E-state index in [1.807, 2.05) is 48.5 Å². The van der Waals surface area contributed by atoms with Crippen molar-refractivity contribution in [3.8, 4) is 11.1 Å². The van der Waals surface area contributed by atoms with E-state index in [1.54, 1.807) is 12.1 Å². The Hall–Kier alpha value is -2.58. The topological polar surface area (TPSA) is 21.6 Å². The highest BCUT2D eigenvalue weighted by Gasteiger charge is 2.04. The Labute approximate surface area is 141 Å². The second-order valence-electron chi connectivity index (χ2n) is 5.01. The minimum atomic E-state index is 0.395. The molecule has 0 heterocycles. The van der Waals surface area contributed by atoms with Crippen molar-refractivity contribution < 1.29 is 4.84 Å². The number of benzene rings is 3. The highest BCUT2D eigenvalue weighted by atomic mass is 35.5. The van der Waals surface area contributed by atoms with E-state index in [-0.39, 0.29) is 0 Å². The van der Waals surface area contributed by atoms with E-state index < -0.39 is 0 Å². The molecular weight excluding hydrogens is 306 g/mol. The van der Waals surface area contributed by atoms with Gasteiger partial charge in [0.1, 0.15) is 12.8 Å². The molecule has 0 atom stereocenters. The van der Waals surface area contributed by atoms with Crippen LogP contribution in [0.15, 0.2) is 84.0 Å². The monoisotopic (exact) mass is 320 g/mol. The van der Waals surface area contributed by atoms with Crippen LogP contribution in [0.1, 0.15) is 11.1 Å². The van der Waals surface area contributed by atoms with Gasteiger partial charge in [-0.05, 0) is 28.8 Å². The number of halogens is 1. The lowest BCUT2D eigenvalue weighted by molar-refractivity contribution is 0.132. The maximum atomic E-state index is 5.84. The normalized spacial score (nSPS) is 10.8. The molecule has 3 aromatic rings. The van der Waals surface area contributed by atoms with Crippen molar-refractivity contribution in [3.05, 3.63) is 95.0 Å². The second kappa shape index (κ2) is 7.61. The zero-order valence-electron chi connectivity index (χ0n) is 12.4. The third-order valence-corrected chi connectivity index (χ3v) is 3.66. The number of hydrogen-bond donors (Lipinski definition) is 0. The highest BCUT2D eigenvalue weighted by molar-refractivity contribution is 6.30. The summed E-state index contributed by atoms with van der Waals surface area (Å²) in [6.45, 7) is 0.395. The van der Waals surface area contributed by atoms with Gasteiger partial charge in [-0.25, -0.2) is 0 Å². The Balaban J connectivity index is 1.68.